The standard InChI is InChI=1S/C12H16N6O2/c1-8(9-4-5-14-7-15-9)18(3)6-10-16-12(20-17-10)11(19)13-2/h4-5,7-8H,6H2,1-3H3,(H,13,19)/t8-/m1/s1. The number of hydrogen-bond donors (Lipinski definition) is 1. The van der Waals surface area contributed by atoms with E-state index in [1.807, 2.05) is 24.9 Å². The van der Waals surface area contributed by atoms with Crippen LogP contribution in [-0.2, 0) is 6.54 Å². The minimum atomic E-state index is -0.393. The Morgan fingerprint density at radius 3 is 3.00 bits per heavy atom. The maximum atomic E-state index is 11.3. The molecule has 8 nitrogen and oxygen atoms in total. The molecule has 0 aliphatic carbocycles. The van der Waals surface area contributed by atoms with Crippen LogP contribution in [0.4, 0.5) is 0 Å². The fraction of sp³-hybridized carbons (Fsp3) is 0.417. The van der Waals surface area contributed by atoms with E-state index in [2.05, 4.69) is 25.4 Å². The summed E-state index contributed by atoms with van der Waals surface area (Å²) in [7, 11) is 3.43. The van der Waals surface area contributed by atoms with Gasteiger partial charge in [-0.05, 0) is 20.0 Å². The first-order valence-corrected chi connectivity index (χ1v) is 6.12. The molecule has 106 valence electrons. The average molecular weight is 276 g/mol. The molecule has 1 N–H and O–H groups in total. The van der Waals surface area contributed by atoms with Crippen LogP contribution in [-0.4, -0.2) is 45.0 Å². The second-order valence-corrected chi connectivity index (χ2v) is 4.32. The Bertz CT molecular complexity index is 570. The quantitative estimate of drug-likeness (QED) is 0.844. The summed E-state index contributed by atoms with van der Waals surface area (Å²) in [5.41, 5.74) is 0.900. The molecule has 1 atom stereocenters. The minimum absolute atomic E-state index is 0.0365. The van der Waals surface area contributed by atoms with Crippen LogP contribution in [0.3, 0.4) is 0 Å². The molecule has 0 bridgehead atoms. The van der Waals surface area contributed by atoms with E-state index in [4.69, 9.17) is 4.52 Å². The molecule has 0 saturated heterocycles. The van der Waals surface area contributed by atoms with Crippen LogP contribution in [0.2, 0.25) is 0 Å². The highest BCUT2D eigenvalue weighted by Crippen LogP contribution is 2.17. The number of carbonyl (C=O) groups is 1. The van der Waals surface area contributed by atoms with Gasteiger partial charge in [-0.1, -0.05) is 5.16 Å². The molecule has 0 fully saturated rings. The predicted octanol–water partition coefficient (Wildman–Crippen LogP) is 0.412. The van der Waals surface area contributed by atoms with E-state index in [1.54, 1.807) is 6.20 Å². The summed E-state index contributed by atoms with van der Waals surface area (Å²) >= 11 is 0. The van der Waals surface area contributed by atoms with Crippen LogP contribution in [0.25, 0.3) is 0 Å². The van der Waals surface area contributed by atoms with Crippen LogP contribution in [0.15, 0.2) is 23.1 Å². The molecular weight excluding hydrogens is 260 g/mol. The van der Waals surface area contributed by atoms with Crippen LogP contribution in [0.5, 0.6) is 0 Å². The van der Waals surface area contributed by atoms with Crippen molar-refractivity contribution in [2.45, 2.75) is 19.5 Å². The van der Waals surface area contributed by atoms with Crippen molar-refractivity contribution >= 4 is 5.91 Å². The molecule has 2 heterocycles. The van der Waals surface area contributed by atoms with Crippen molar-refractivity contribution in [1.82, 2.24) is 30.3 Å². The molecule has 2 rings (SSSR count). The summed E-state index contributed by atoms with van der Waals surface area (Å²) in [4.78, 5) is 25.5. The Morgan fingerprint density at radius 1 is 1.55 bits per heavy atom. The molecule has 0 saturated carbocycles. The summed E-state index contributed by atoms with van der Waals surface area (Å²) in [5, 5.41) is 6.21. The first-order valence-electron chi connectivity index (χ1n) is 6.12. The van der Waals surface area contributed by atoms with Crippen molar-refractivity contribution in [2.24, 2.45) is 0 Å². The number of nitrogens with one attached hydrogen (secondary N) is 1. The molecule has 1 amide bonds. The van der Waals surface area contributed by atoms with Crippen molar-refractivity contribution in [3.8, 4) is 0 Å². The Morgan fingerprint density at radius 2 is 2.35 bits per heavy atom. The van der Waals surface area contributed by atoms with Gasteiger partial charge in [0.15, 0.2) is 5.82 Å². The van der Waals surface area contributed by atoms with E-state index >= 15 is 0 Å². The third kappa shape index (κ3) is 3.15. The molecular formula is C12H16N6O2. The number of nitrogens with zero attached hydrogens (tertiary/aromatic N) is 5. The highest BCUT2D eigenvalue weighted by atomic mass is 16.5. The second-order valence-electron chi connectivity index (χ2n) is 4.32. The maximum Gasteiger partial charge on any atom is 0.315 e. The van der Waals surface area contributed by atoms with Gasteiger partial charge in [-0.15, -0.1) is 0 Å². The zero-order chi connectivity index (χ0) is 14.5. The van der Waals surface area contributed by atoms with E-state index in [9.17, 15) is 4.79 Å². The molecule has 2 aromatic heterocycles. The summed E-state index contributed by atoms with van der Waals surface area (Å²) in [6.07, 6.45) is 3.21. The van der Waals surface area contributed by atoms with E-state index in [0.29, 0.717) is 12.4 Å². The zero-order valence-electron chi connectivity index (χ0n) is 11.6. The fourth-order valence-electron chi connectivity index (χ4n) is 1.65. The van der Waals surface area contributed by atoms with Crippen LogP contribution in [0, 0.1) is 0 Å². The second kappa shape index (κ2) is 6.20. The largest absolute Gasteiger partial charge is 0.351 e. The van der Waals surface area contributed by atoms with Crippen LogP contribution < -0.4 is 5.32 Å². The molecule has 0 unspecified atom stereocenters. The number of aromatic nitrogens is 4. The molecule has 20 heavy (non-hydrogen) atoms. The highest BCUT2D eigenvalue weighted by Gasteiger charge is 2.18. The lowest BCUT2D eigenvalue weighted by Gasteiger charge is -2.22. The number of rotatable bonds is 5. The normalized spacial score (nSPS) is 12.4. The third-order valence-corrected chi connectivity index (χ3v) is 2.97. The predicted molar refractivity (Wildman–Crippen MR) is 69.6 cm³/mol. The maximum absolute atomic E-state index is 11.3. The first kappa shape index (κ1) is 14.1. The van der Waals surface area contributed by atoms with Gasteiger partial charge >= 0.3 is 11.8 Å². The van der Waals surface area contributed by atoms with E-state index in [-0.39, 0.29) is 11.9 Å². The first-order chi connectivity index (χ1) is 9.61. The van der Waals surface area contributed by atoms with Gasteiger partial charge in [0.25, 0.3) is 0 Å². The number of hydrogen-bond acceptors (Lipinski definition) is 7. The van der Waals surface area contributed by atoms with E-state index in [1.165, 1.54) is 13.4 Å². The molecule has 8 heteroatoms. The van der Waals surface area contributed by atoms with Crippen molar-refractivity contribution in [3.05, 3.63) is 36.0 Å². The minimum Gasteiger partial charge on any atom is -0.351 e. The van der Waals surface area contributed by atoms with Gasteiger partial charge in [-0.2, -0.15) is 4.98 Å². The monoisotopic (exact) mass is 276 g/mol. The Kier molecular flexibility index (Phi) is 4.36. The van der Waals surface area contributed by atoms with Crippen molar-refractivity contribution < 1.29 is 9.32 Å². The molecule has 0 spiro atoms. The van der Waals surface area contributed by atoms with E-state index in [0.717, 1.165) is 5.69 Å². The van der Waals surface area contributed by atoms with Gasteiger partial charge in [-0.25, -0.2) is 9.97 Å². The lowest BCUT2D eigenvalue weighted by atomic mass is 10.2. The molecule has 2 aromatic rings. The van der Waals surface area contributed by atoms with Gasteiger partial charge in [0.2, 0.25) is 0 Å². The van der Waals surface area contributed by atoms with Crippen LogP contribution in [0.1, 0.15) is 35.2 Å². The fourth-order valence-corrected chi connectivity index (χ4v) is 1.65. The Hall–Kier alpha value is -2.35. The van der Waals surface area contributed by atoms with Crippen molar-refractivity contribution in [2.75, 3.05) is 14.1 Å². The molecule has 0 radical (unpaired) electrons. The van der Waals surface area contributed by atoms with Gasteiger partial charge in [-0.3, -0.25) is 9.69 Å². The van der Waals surface area contributed by atoms with Gasteiger partial charge < -0.3 is 9.84 Å². The summed E-state index contributed by atoms with van der Waals surface area (Å²) in [6, 6.07) is 1.92. The smallest absolute Gasteiger partial charge is 0.315 e. The molecule has 0 aliphatic rings. The topological polar surface area (TPSA) is 97.0 Å². The van der Waals surface area contributed by atoms with Gasteiger partial charge in [0.05, 0.1) is 12.2 Å². The van der Waals surface area contributed by atoms with Crippen molar-refractivity contribution in [1.29, 1.82) is 0 Å². The lowest BCUT2D eigenvalue weighted by Crippen LogP contribution is -2.23. The SMILES string of the molecule is CNC(=O)c1nc(CN(C)[C@H](C)c2ccncn2)no1. The van der Waals surface area contributed by atoms with E-state index < -0.39 is 5.91 Å². The van der Waals surface area contributed by atoms with Crippen molar-refractivity contribution in [3.63, 3.8) is 0 Å². The Labute approximate surface area is 116 Å². The zero-order valence-corrected chi connectivity index (χ0v) is 11.6. The summed E-state index contributed by atoms with van der Waals surface area (Å²) in [5.74, 6) is 0.0212. The molecule has 0 aromatic carbocycles. The van der Waals surface area contributed by atoms with Crippen LogP contribution >= 0.6 is 0 Å². The van der Waals surface area contributed by atoms with Gasteiger partial charge in [0, 0.05) is 19.3 Å². The van der Waals surface area contributed by atoms with Gasteiger partial charge in [0.1, 0.15) is 6.33 Å². The Balaban J connectivity index is 2.02. The highest BCUT2D eigenvalue weighted by molar-refractivity contribution is 5.89. The average Bonchev–Trinajstić information content (AvgIpc) is 2.95. The summed E-state index contributed by atoms with van der Waals surface area (Å²) in [6.45, 7) is 2.47. The third-order valence-electron chi connectivity index (χ3n) is 2.97. The molecule has 0 aliphatic heterocycles. The number of carbonyl (C=O) groups excluding carboxylic acids is 1. The lowest BCUT2D eigenvalue weighted by molar-refractivity contribution is 0.0919. The number of amides is 1. The summed E-state index contributed by atoms with van der Waals surface area (Å²) < 4.78 is 4.88.